The predicted molar refractivity (Wildman–Crippen MR) is 87.4 cm³/mol. The van der Waals surface area contributed by atoms with Crippen molar-refractivity contribution in [1.29, 1.82) is 0 Å². The molecule has 0 saturated heterocycles. The van der Waals surface area contributed by atoms with Crippen LogP contribution < -0.4 is 5.32 Å². The third kappa shape index (κ3) is 7.17. The lowest BCUT2D eigenvalue weighted by atomic mass is 10.1. The number of aliphatic hydroxyl groups excluding tert-OH is 1. The van der Waals surface area contributed by atoms with Gasteiger partial charge < -0.3 is 10.4 Å². The van der Waals surface area contributed by atoms with Gasteiger partial charge >= 0.3 is 0 Å². The quantitative estimate of drug-likeness (QED) is 0.591. The first kappa shape index (κ1) is 17.6. The normalized spacial score (nSPS) is 9.86. The van der Waals surface area contributed by atoms with Crippen molar-refractivity contribution in [3.63, 3.8) is 0 Å². The van der Waals surface area contributed by atoms with E-state index in [4.69, 9.17) is 16.7 Å². The third-order valence-corrected chi connectivity index (χ3v) is 3.30. The number of benzene rings is 1. The highest BCUT2D eigenvalue weighted by Gasteiger charge is 2.06. The van der Waals surface area contributed by atoms with Gasteiger partial charge in [0.1, 0.15) is 0 Å². The topological polar surface area (TPSA) is 49.3 Å². The van der Waals surface area contributed by atoms with Gasteiger partial charge in [0.05, 0.1) is 17.3 Å². The molecule has 0 aliphatic heterocycles. The molecule has 0 aromatic heterocycles. The molecule has 0 spiro atoms. The van der Waals surface area contributed by atoms with Gasteiger partial charge in [0, 0.05) is 18.4 Å². The summed E-state index contributed by atoms with van der Waals surface area (Å²) < 4.78 is 0. The average Bonchev–Trinajstić information content (AvgIpc) is 2.47. The molecule has 1 amide bonds. The summed E-state index contributed by atoms with van der Waals surface area (Å²) in [6, 6.07) is 5.28. The van der Waals surface area contributed by atoms with Gasteiger partial charge in [-0.15, -0.1) is 0 Å². The molecule has 0 heterocycles. The summed E-state index contributed by atoms with van der Waals surface area (Å²) in [6.07, 6.45) is 5.22. The summed E-state index contributed by atoms with van der Waals surface area (Å²) in [7, 11) is 0. The molecule has 0 bridgehead atoms. The predicted octanol–water partition coefficient (Wildman–Crippen LogP) is 3.98. The molecule has 1 aromatic carbocycles. The Kier molecular flexibility index (Phi) is 8.57. The maximum atomic E-state index is 11.9. The monoisotopic (exact) mass is 307 g/mol. The second-order valence-electron chi connectivity index (χ2n) is 4.83. The SMILES string of the molecule is CCCCCCC(=O)Nc1cc(C#CCCO)ccc1Cl. The Hall–Kier alpha value is -1.50. The van der Waals surface area contributed by atoms with Gasteiger partial charge in [0.2, 0.25) is 5.91 Å². The van der Waals surface area contributed by atoms with Crippen LogP contribution in [0.4, 0.5) is 5.69 Å². The molecular formula is C17H22ClNO2. The van der Waals surface area contributed by atoms with Crippen LogP contribution in [-0.4, -0.2) is 17.6 Å². The van der Waals surface area contributed by atoms with Crippen molar-refractivity contribution < 1.29 is 9.90 Å². The number of unbranched alkanes of at least 4 members (excludes halogenated alkanes) is 3. The highest BCUT2D eigenvalue weighted by Crippen LogP contribution is 2.23. The molecule has 0 aliphatic rings. The van der Waals surface area contributed by atoms with Crippen LogP contribution in [0.1, 0.15) is 51.0 Å². The van der Waals surface area contributed by atoms with Gasteiger partial charge in [-0.05, 0) is 24.6 Å². The second kappa shape index (κ2) is 10.3. The first-order chi connectivity index (χ1) is 10.2. The maximum Gasteiger partial charge on any atom is 0.224 e. The molecule has 2 N–H and O–H groups in total. The Bertz CT molecular complexity index is 517. The van der Waals surface area contributed by atoms with E-state index in [1.54, 1.807) is 18.2 Å². The minimum atomic E-state index is -0.0199. The van der Waals surface area contributed by atoms with E-state index in [9.17, 15) is 4.79 Å². The number of nitrogens with one attached hydrogen (secondary N) is 1. The summed E-state index contributed by atoms with van der Waals surface area (Å²) in [5.74, 6) is 5.75. The molecule has 21 heavy (non-hydrogen) atoms. The fraction of sp³-hybridized carbons (Fsp3) is 0.471. The fourth-order valence-corrected chi connectivity index (χ4v) is 2.01. The Morgan fingerprint density at radius 3 is 2.86 bits per heavy atom. The van der Waals surface area contributed by atoms with E-state index >= 15 is 0 Å². The summed E-state index contributed by atoms with van der Waals surface area (Å²) in [5, 5.41) is 12.0. The van der Waals surface area contributed by atoms with Crippen molar-refractivity contribution in [2.45, 2.75) is 45.4 Å². The van der Waals surface area contributed by atoms with Crippen LogP contribution >= 0.6 is 11.6 Å². The Morgan fingerprint density at radius 2 is 2.14 bits per heavy atom. The molecule has 4 heteroatoms. The van der Waals surface area contributed by atoms with Crippen molar-refractivity contribution in [3.05, 3.63) is 28.8 Å². The van der Waals surface area contributed by atoms with Gasteiger partial charge in [0.15, 0.2) is 0 Å². The number of carbonyl (C=O) groups is 1. The Labute approximate surface area is 131 Å². The van der Waals surface area contributed by atoms with E-state index in [2.05, 4.69) is 24.1 Å². The van der Waals surface area contributed by atoms with E-state index in [1.807, 2.05) is 0 Å². The fourth-order valence-electron chi connectivity index (χ4n) is 1.84. The number of hydrogen-bond donors (Lipinski definition) is 2. The molecule has 0 radical (unpaired) electrons. The minimum Gasteiger partial charge on any atom is -0.395 e. The van der Waals surface area contributed by atoms with Gasteiger partial charge in [-0.1, -0.05) is 49.6 Å². The van der Waals surface area contributed by atoms with E-state index in [-0.39, 0.29) is 12.5 Å². The van der Waals surface area contributed by atoms with Crippen LogP contribution in [0.5, 0.6) is 0 Å². The van der Waals surface area contributed by atoms with Gasteiger partial charge in [-0.3, -0.25) is 4.79 Å². The first-order valence-electron chi connectivity index (χ1n) is 7.36. The number of hydrogen-bond acceptors (Lipinski definition) is 2. The summed E-state index contributed by atoms with van der Waals surface area (Å²) >= 11 is 6.08. The number of amides is 1. The van der Waals surface area contributed by atoms with Crippen LogP contribution in [0, 0.1) is 11.8 Å². The zero-order valence-corrected chi connectivity index (χ0v) is 13.2. The standard InChI is InChI=1S/C17H22ClNO2/c1-2-3-4-5-9-17(21)19-16-13-14(8-6-7-12-20)10-11-15(16)18/h10-11,13,20H,2-5,7,9,12H2,1H3,(H,19,21). The van der Waals surface area contributed by atoms with Crippen LogP contribution in [0.2, 0.25) is 5.02 Å². The number of carbonyl (C=O) groups excluding carboxylic acids is 1. The first-order valence-corrected chi connectivity index (χ1v) is 7.74. The average molecular weight is 308 g/mol. The molecule has 0 fully saturated rings. The van der Waals surface area contributed by atoms with Crippen molar-refractivity contribution >= 4 is 23.2 Å². The van der Waals surface area contributed by atoms with Crippen LogP contribution in [0.25, 0.3) is 0 Å². The minimum absolute atomic E-state index is 0.0199. The molecule has 3 nitrogen and oxygen atoms in total. The van der Waals surface area contributed by atoms with Crippen molar-refractivity contribution in [1.82, 2.24) is 0 Å². The van der Waals surface area contributed by atoms with E-state index in [0.717, 1.165) is 31.2 Å². The molecule has 0 saturated carbocycles. The van der Waals surface area contributed by atoms with Crippen LogP contribution in [0.15, 0.2) is 18.2 Å². The maximum absolute atomic E-state index is 11.9. The van der Waals surface area contributed by atoms with E-state index < -0.39 is 0 Å². The van der Waals surface area contributed by atoms with Crippen LogP contribution in [0.3, 0.4) is 0 Å². The molecular weight excluding hydrogens is 286 g/mol. The summed E-state index contributed by atoms with van der Waals surface area (Å²) in [4.78, 5) is 11.9. The van der Waals surface area contributed by atoms with Crippen LogP contribution in [-0.2, 0) is 4.79 Å². The third-order valence-electron chi connectivity index (χ3n) is 2.97. The second-order valence-corrected chi connectivity index (χ2v) is 5.24. The molecule has 0 atom stereocenters. The molecule has 114 valence electrons. The van der Waals surface area contributed by atoms with Gasteiger partial charge in [0.25, 0.3) is 0 Å². The Balaban J connectivity index is 2.59. The lowest BCUT2D eigenvalue weighted by Gasteiger charge is -2.07. The lowest BCUT2D eigenvalue weighted by molar-refractivity contribution is -0.116. The smallest absolute Gasteiger partial charge is 0.224 e. The molecule has 0 unspecified atom stereocenters. The summed E-state index contributed by atoms with van der Waals surface area (Å²) in [6.45, 7) is 2.19. The number of halogens is 1. The van der Waals surface area contributed by atoms with Crippen molar-refractivity contribution in [2.24, 2.45) is 0 Å². The van der Waals surface area contributed by atoms with Gasteiger partial charge in [-0.25, -0.2) is 0 Å². The zero-order valence-electron chi connectivity index (χ0n) is 12.4. The summed E-state index contributed by atoms with van der Waals surface area (Å²) in [5.41, 5.74) is 1.36. The van der Waals surface area contributed by atoms with E-state index in [0.29, 0.717) is 23.6 Å². The van der Waals surface area contributed by atoms with Crippen molar-refractivity contribution in [2.75, 3.05) is 11.9 Å². The lowest BCUT2D eigenvalue weighted by Crippen LogP contribution is -2.11. The zero-order chi connectivity index (χ0) is 15.5. The molecule has 0 aliphatic carbocycles. The molecule has 1 aromatic rings. The Morgan fingerprint density at radius 1 is 1.33 bits per heavy atom. The number of anilines is 1. The number of rotatable bonds is 7. The van der Waals surface area contributed by atoms with E-state index in [1.165, 1.54) is 0 Å². The van der Waals surface area contributed by atoms with Crippen molar-refractivity contribution in [3.8, 4) is 11.8 Å². The van der Waals surface area contributed by atoms with Gasteiger partial charge in [-0.2, -0.15) is 0 Å². The largest absolute Gasteiger partial charge is 0.395 e. The number of aliphatic hydroxyl groups is 1. The highest BCUT2D eigenvalue weighted by atomic mass is 35.5. The highest BCUT2D eigenvalue weighted by molar-refractivity contribution is 6.33. The molecule has 1 rings (SSSR count).